The Bertz CT molecular complexity index is 378. The van der Waals surface area contributed by atoms with E-state index in [0.717, 1.165) is 24.7 Å². The van der Waals surface area contributed by atoms with E-state index in [1.54, 1.807) is 6.07 Å². The maximum atomic E-state index is 13.6. The number of benzene rings is 1. The topological polar surface area (TPSA) is 29.3 Å². The zero-order valence-electron chi connectivity index (χ0n) is 10.5. The van der Waals surface area contributed by atoms with Crippen LogP contribution < -0.4 is 10.6 Å². The fraction of sp³-hybridized carbons (Fsp3) is 0.571. The van der Waals surface area contributed by atoms with Crippen molar-refractivity contribution in [2.75, 3.05) is 18.0 Å². The number of hydrogen-bond donors (Lipinski definition) is 1. The van der Waals surface area contributed by atoms with E-state index >= 15 is 0 Å². The second kappa shape index (κ2) is 5.50. The molecule has 0 amide bonds. The molecule has 1 aliphatic heterocycles. The first-order chi connectivity index (χ1) is 8.26. The molecule has 1 heterocycles. The van der Waals surface area contributed by atoms with Crippen molar-refractivity contribution in [3.63, 3.8) is 0 Å². The molecular formula is C14H21FN2. The molecule has 1 atom stereocenters. The van der Waals surface area contributed by atoms with Crippen LogP contribution >= 0.6 is 0 Å². The minimum atomic E-state index is -0.177. The maximum absolute atomic E-state index is 13.6. The van der Waals surface area contributed by atoms with Gasteiger partial charge < -0.3 is 10.6 Å². The standard InChI is InChI=1S/C14H21FN2/c1-2-4-11-7-8-17(10-11)14-6-3-5-13(15)12(14)9-16/h3,5-6,11H,2,4,7-10,16H2,1H3. The molecule has 0 radical (unpaired) electrons. The van der Waals surface area contributed by atoms with Gasteiger partial charge in [-0.1, -0.05) is 19.4 Å². The van der Waals surface area contributed by atoms with Gasteiger partial charge in [-0.15, -0.1) is 0 Å². The summed E-state index contributed by atoms with van der Waals surface area (Å²) >= 11 is 0. The fourth-order valence-corrected chi connectivity index (χ4v) is 2.74. The van der Waals surface area contributed by atoms with E-state index in [0.29, 0.717) is 5.56 Å². The van der Waals surface area contributed by atoms with Gasteiger partial charge in [-0.05, 0) is 30.9 Å². The Morgan fingerprint density at radius 3 is 3.00 bits per heavy atom. The van der Waals surface area contributed by atoms with Crippen molar-refractivity contribution in [3.8, 4) is 0 Å². The van der Waals surface area contributed by atoms with Crippen LogP contribution in [0.2, 0.25) is 0 Å². The van der Waals surface area contributed by atoms with Gasteiger partial charge in [-0.3, -0.25) is 0 Å². The Hall–Kier alpha value is -1.09. The van der Waals surface area contributed by atoms with Gasteiger partial charge in [0.2, 0.25) is 0 Å². The zero-order chi connectivity index (χ0) is 12.3. The monoisotopic (exact) mass is 236 g/mol. The smallest absolute Gasteiger partial charge is 0.129 e. The summed E-state index contributed by atoms with van der Waals surface area (Å²) in [5.74, 6) is 0.581. The number of rotatable bonds is 4. The highest BCUT2D eigenvalue weighted by molar-refractivity contribution is 5.55. The lowest BCUT2D eigenvalue weighted by Crippen LogP contribution is -2.22. The van der Waals surface area contributed by atoms with Crippen molar-refractivity contribution in [2.45, 2.75) is 32.7 Å². The molecule has 1 saturated heterocycles. The van der Waals surface area contributed by atoms with Gasteiger partial charge in [0.1, 0.15) is 5.82 Å². The summed E-state index contributed by atoms with van der Waals surface area (Å²) in [6.07, 6.45) is 3.71. The van der Waals surface area contributed by atoms with Crippen LogP contribution in [0.5, 0.6) is 0 Å². The highest BCUT2D eigenvalue weighted by Crippen LogP contribution is 2.30. The molecule has 0 saturated carbocycles. The minimum absolute atomic E-state index is 0.177. The maximum Gasteiger partial charge on any atom is 0.129 e. The average Bonchev–Trinajstić information content (AvgIpc) is 2.78. The third-order valence-corrected chi connectivity index (χ3v) is 3.62. The van der Waals surface area contributed by atoms with E-state index < -0.39 is 0 Å². The number of hydrogen-bond acceptors (Lipinski definition) is 2. The molecule has 1 aliphatic rings. The highest BCUT2D eigenvalue weighted by atomic mass is 19.1. The second-order valence-corrected chi connectivity index (χ2v) is 4.83. The largest absolute Gasteiger partial charge is 0.371 e. The summed E-state index contributed by atoms with van der Waals surface area (Å²) < 4.78 is 13.6. The first-order valence-corrected chi connectivity index (χ1v) is 6.48. The molecule has 2 N–H and O–H groups in total. The Morgan fingerprint density at radius 2 is 2.29 bits per heavy atom. The van der Waals surface area contributed by atoms with E-state index in [-0.39, 0.29) is 12.4 Å². The third-order valence-electron chi connectivity index (χ3n) is 3.62. The van der Waals surface area contributed by atoms with Crippen molar-refractivity contribution in [1.29, 1.82) is 0 Å². The Labute approximate surface area is 103 Å². The van der Waals surface area contributed by atoms with Crippen molar-refractivity contribution in [1.82, 2.24) is 0 Å². The molecule has 2 nitrogen and oxygen atoms in total. The van der Waals surface area contributed by atoms with Crippen LogP contribution in [-0.2, 0) is 6.54 Å². The van der Waals surface area contributed by atoms with Crippen LogP contribution in [0.25, 0.3) is 0 Å². The summed E-state index contributed by atoms with van der Waals surface area (Å²) in [7, 11) is 0. The van der Waals surface area contributed by atoms with E-state index in [4.69, 9.17) is 5.73 Å². The molecule has 1 aromatic carbocycles. The van der Waals surface area contributed by atoms with E-state index in [9.17, 15) is 4.39 Å². The van der Waals surface area contributed by atoms with E-state index in [2.05, 4.69) is 11.8 Å². The van der Waals surface area contributed by atoms with Crippen LogP contribution in [0, 0.1) is 11.7 Å². The third kappa shape index (κ3) is 2.60. The molecule has 0 aliphatic carbocycles. The van der Waals surface area contributed by atoms with Crippen molar-refractivity contribution in [3.05, 3.63) is 29.6 Å². The Kier molecular flexibility index (Phi) is 4.00. The molecule has 17 heavy (non-hydrogen) atoms. The van der Waals surface area contributed by atoms with Crippen molar-refractivity contribution < 1.29 is 4.39 Å². The first kappa shape index (κ1) is 12.4. The van der Waals surface area contributed by atoms with Gasteiger partial charge in [0, 0.05) is 30.9 Å². The summed E-state index contributed by atoms with van der Waals surface area (Å²) in [5.41, 5.74) is 7.29. The van der Waals surface area contributed by atoms with E-state index in [1.807, 2.05) is 6.07 Å². The molecule has 1 aromatic rings. The molecule has 94 valence electrons. The highest BCUT2D eigenvalue weighted by Gasteiger charge is 2.23. The first-order valence-electron chi connectivity index (χ1n) is 6.48. The van der Waals surface area contributed by atoms with Gasteiger partial charge in [0.25, 0.3) is 0 Å². The Balaban J connectivity index is 2.15. The van der Waals surface area contributed by atoms with Gasteiger partial charge in [0.05, 0.1) is 0 Å². The molecule has 0 bridgehead atoms. The van der Waals surface area contributed by atoms with Gasteiger partial charge in [-0.2, -0.15) is 0 Å². The Morgan fingerprint density at radius 1 is 1.47 bits per heavy atom. The zero-order valence-corrected chi connectivity index (χ0v) is 10.5. The van der Waals surface area contributed by atoms with Crippen molar-refractivity contribution in [2.24, 2.45) is 11.7 Å². The molecular weight excluding hydrogens is 215 g/mol. The molecule has 2 rings (SSSR count). The fourth-order valence-electron chi connectivity index (χ4n) is 2.74. The van der Waals surface area contributed by atoms with Crippen LogP contribution in [0.4, 0.5) is 10.1 Å². The second-order valence-electron chi connectivity index (χ2n) is 4.83. The number of nitrogens with two attached hydrogens (primary N) is 1. The lowest BCUT2D eigenvalue weighted by molar-refractivity contribution is 0.529. The normalized spacial score (nSPS) is 19.9. The van der Waals surface area contributed by atoms with Crippen LogP contribution in [0.3, 0.4) is 0 Å². The number of anilines is 1. The number of halogens is 1. The molecule has 1 unspecified atom stereocenters. The average molecular weight is 236 g/mol. The summed E-state index contributed by atoms with van der Waals surface area (Å²) in [6, 6.07) is 5.25. The SMILES string of the molecule is CCCC1CCN(c2cccc(F)c2CN)C1. The van der Waals surface area contributed by atoms with E-state index in [1.165, 1.54) is 25.3 Å². The minimum Gasteiger partial charge on any atom is -0.371 e. The van der Waals surface area contributed by atoms with Gasteiger partial charge >= 0.3 is 0 Å². The predicted octanol–water partition coefficient (Wildman–Crippen LogP) is 2.91. The molecule has 3 heteroatoms. The summed E-state index contributed by atoms with van der Waals surface area (Å²) in [4.78, 5) is 2.28. The summed E-state index contributed by atoms with van der Waals surface area (Å²) in [5, 5.41) is 0. The molecule has 0 spiro atoms. The quantitative estimate of drug-likeness (QED) is 0.871. The molecule has 1 fully saturated rings. The van der Waals surface area contributed by atoms with Crippen LogP contribution in [-0.4, -0.2) is 13.1 Å². The summed E-state index contributed by atoms with van der Waals surface area (Å²) in [6.45, 7) is 4.57. The predicted molar refractivity (Wildman–Crippen MR) is 69.5 cm³/mol. The lowest BCUT2D eigenvalue weighted by atomic mass is 10.0. The molecule has 0 aromatic heterocycles. The van der Waals surface area contributed by atoms with Crippen LogP contribution in [0.1, 0.15) is 31.7 Å². The van der Waals surface area contributed by atoms with Gasteiger partial charge in [0.15, 0.2) is 0 Å². The van der Waals surface area contributed by atoms with Gasteiger partial charge in [-0.25, -0.2) is 4.39 Å². The van der Waals surface area contributed by atoms with Crippen LogP contribution in [0.15, 0.2) is 18.2 Å². The van der Waals surface area contributed by atoms with Crippen molar-refractivity contribution >= 4 is 5.69 Å². The number of nitrogens with zero attached hydrogens (tertiary/aromatic N) is 1. The lowest BCUT2D eigenvalue weighted by Gasteiger charge is -2.22.